The van der Waals surface area contributed by atoms with Crippen LogP contribution < -0.4 is 16.6 Å². The lowest BCUT2D eigenvalue weighted by Gasteiger charge is -2.18. The Kier molecular flexibility index (Phi) is 4.25. The second-order valence-electron chi connectivity index (χ2n) is 4.20. The van der Waals surface area contributed by atoms with Crippen LogP contribution in [0.4, 0.5) is 11.6 Å². The average molecular weight is 258 g/mol. The van der Waals surface area contributed by atoms with Crippen LogP contribution in [0.1, 0.15) is 31.0 Å². The molecule has 0 amide bonds. The molecular weight excluding hydrogens is 240 g/mol. The first-order valence-electron chi connectivity index (χ1n) is 6.23. The summed E-state index contributed by atoms with van der Waals surface area (Å²) in [7, 11) is 0. The number of nitrogens with one attached hydrogen (secondary N) is 2. The average Bonchev–Trinajstić information content (AvgIpc) is 2.47. The minimum absolute atomic E-state index is 0.111. The van der Waals surface area contributed by atoms with Crippen LogP contribution in [0, 0.1) is 0 Å². The number of aromatic nitrogens is 3. The van der Waals surface area contributed by atoms with Gasteiger partial charge in [0, 0.05) is 18.0 Å². The first-order valence-corrected chi connectivity index (χ1v) is 6.23. The summed E-state index contributed by atoms with van der Waals surface area (Å²) in [6.45, 7) is 4.10. The highest BCUT2D eigenvalue weighted by molar-refractivity contribution is 5.57. The molecule has 6 heteroatoms. The van der Waals surface area contributed by atoms with Crippen LogP contribution >= 0.6 is 0 Å². The summed E-state index contributed by atoms with van der Waals surface area (Å²) >= 11 is 0. The van der Waals surface area contributed by atoms with Gasteiger partial charge in [-0.3, -0.25) is 4.98 Å². The number of nitrogens with zero attached hydrogens (tertiary/aromatic N) is 3. The predicted molar refractivity (Wildman–Crippen MR) is 75.5 cm³/mol. The molecule has 2 aromatic heterocycles. The van der Waals surface area contributed by atoms with Gasteiger partial charge in [-0.25, -0.2) is 15.8 Å². The van der Waals surface area contributed by atoms with Crippen molar-refractivity contribution in [1.29, 1.82) is 0 Å². The van der Waals surface area contributed by atoms with Gasteiger partial charge in [0.15, 0.2) is 0 Å². The first kappa shape index (κ1) is 13.2. The molecule has 2 rings (SSSR count). The van der Waals surface area contributed by atoms with Gasteiger partial charge < -0.3 is 10.7 Å². The number of hydrogen-bond acceptors (Lipinski definition) is 6. The van der Waals surface area contributed by atoms with Gasteiger partial charge in [-0.05, 0) is 25.0 Å². The summed E-state index contributed by atoms with van der Waals surface area (Å²) in [6.07, 6.45) is 5.89. The van der Waals surface area contributed by atoms with E-state index in [1.165, 1.54) is 6.33 Å². The van der Waals surface area contributed by atoms with Gasteiger partial charge >= 0.3 is 0 Å². The molecule has 0 aromatic carbocycles. The smallest absolute Gasteiger partial charge is 0.148 e. The lowest BCUT2D eigenvalue weighted by atomic mass is 10.1. The Morgan fingerprint density at radius 3 is 2.74 bits per heavy atom. The third-order valence-electron chi connectivity index (χ3n) is 2.97. The summed E-state index contributed by atoms with van der Waals surface area (Å²) in [4.78, 5) is 12.5. The number of hydrogen-bond donors (Lipinski definition) is 3. The molecule has 0 saturated heterocycles. The van der Waals surface area contributed by atoms with E-state index in [1.807, 2.05) is 25.3 Å². The third-order valence-corrected chi connectivity index (χ3v) is 2.97. The maximum atomic E-state index is 5.46. The fourth-order valence-corrected chi connectivity index (χ4v) is 1.92. The van der Waals surface area contributed by atoms with Crippen LogP contribution in [0.15, 0.2) is 30.9 Å². The predicted octanol–water partition coefficient (Wildman–Crippen LogP) is 1.89. The van der Waals surface area contributed by atoms with Crippen LogP contribution in [0.25, 0.3) is 0 Å². The summed E-state index contributed by atoms with van der Waals surface area (Å²) in [5.74, 6) is 6.90. The minimum atomic E-state index is 0.111. The molecule has 1 atom stereocenters. The third kappa shape index (κ3) is 2.97. The highest BCUT2D eigenvalue weighted by atomic mass is 15.3. The molecule has 2 aromatic rings. The Bertz CT molecular complexity index is 528. The molecule has 19 heavy (non-hydrogen) atoms. The Morgan fingerprint density at radius 1 is 1.32 bits per heavy atom. The second-order valence-corrected chi connectivity index (χ2v) is 4.20. The van der Waals surface area contributed by atoms with E-state index in [9.17, 15) is 0 Å². The van der Waals surface area contributed by atoms with E-state index in [2.05, 4.69) is 32.6 Å². The lowest BCUT2D eigenvalue weighted by molar-refractivity contribution is 0.855. The zero-order chi connectivity index (χ0) is 13.7. The van der Waals surface area contributed by atoms with Crippen molar-refractivity contribution < 1.29 is 0 Å². The highest BCUT2D eigenvalue weighted by Gasteiger charge is 2.12. The van der Waals surface area contributed by atoms with Crippen LogP contribution in [0.5, 0.6) is 0 Å². The van der Waals surface area contributed by atoms with Crippen molar-refractivity contribution in [2.75, 3.05) is 10.7 Å². The normalized spacial score (nSPS) is 11.9. The van der Waals surface area contributed by atoms with Crippen LogP contribution in [-0.2, 0) is 6.42 Å². The zero-order valence-corrected chi connectivity index (χ0v) is 11.1. The molecule has 100 valence electrons. The number of nitrogens with two attached hydrogens (primary N) is 1. The van der Waals surface area contributed by atoms with Crippen LogP contribution in [0.3, 0.4) is 0 Å². The summed E-state index contributed by atoms with van der Waals surface area (Å²) in [6, 6.07) is 4.06. The number of anilines is 2. The lowest BCUT2D eigenvalue weighted by Crippen LogP contribution is -2.15. The first-order chi connectivity index (χ1) is 9.26. The van der Waals surface area contributed by atoms with Gasteiger partial charge in [0.1, 0.15) is 18.0 Å². The SMILES string of the molecule is CCc1c(NN)ncnc1NC(C)c1cccnc1. The van der Waals surface area contributed by atoms with Crippen molar-refractivity contribution in [1.82, 2.24) is 15.0 Å². The fourth-order valence-electron chi connectivity index (χ4n) is 1.92. The molecule has 1 unspecified atom stereocenters. The number of nitrogen functional groups attached to an aromatic ring is 1. The van der Waals surface area contributed by atoms with E-state index in [1.54, 1.807) is 6.20 Å². The molecular formula is C13H18N6. The molecule has 0 aliphatic carbocycles. The molecule has 0 aliphatic rings. The largest absolute Gasteiger partial charge is 0.363 e. The molecule has 0 fully saturated rings. The minimum Gasteiger partial charge on any atom is -0.363 e. The fraction of sp³-hybridized carbons (Fsp3) is 0.308. The van der Waals surface area contributed by atoms with E-state index in [0.717, 1.165) is 23.4 Å². The standard InChI is InChI=1S/C13H18N6/c1-3-11-12(16-8-17-13(11)19-14)18-9(2)10-5-4-6-15-7-10/h4-9H,3,14H2,1-2H3,(H2,16,17,18,19). The molecule has 2 heterocycles. The number of pyridine rings is 1. The summed E-state index contributed by atoms with van der Waals surface area (Å²) in [5.41, 5.74) is 4.67. The molecule has 0 radical (unpaired) electrons. The van der Waals surface area contributed by atoms with Crippen LogP contribution in [0.2, 0.25) is 0 Å². The number of hydrazine groups is 1. The molecule has 0 bridgehead atoms. The molecule has 6 nitrogen and oxygen atoms in total. The van der Waals surface area contributed by atoms with Gasteiger partial charge in [-0.2, -0.15) is 0 Å². The Morgan fingerprint density at radius 2 is 2.11 bits per heavy atom. The van der Waals surface area contributed by atoms with Crippen molar-refractivity contribution in [3.8, 4) is 0 Å². The second kappa shape index (κ2) is 6.10. The maximum Gasteiger partial charge on any atom is 0.148 e. The van der Waals surface area contributed by atoms with E-state index >= 15 is 0 Å². The molecule has 0 spiro atoms. The molecule has 0 aliphatic heterocycles. The van der Waals surface area contributed by atoms with E-state index in [4.69, 9.17) is 5.84 Å². The van der Waals surface area contributed by atoms with Crippen molar-refractivity contribution in [2.24, 2.45) is 5.84 Å². The van der Waals surface area contributed by atoms with Crippen molar-refractivity contribution in [3.05, 3.63) is 42.0 Å². The van der Waals surface area contributed by atoms with Crippen LogP contribution in [-0.4, -0.2) is 15.0 Å². The van der Waals surface area contributed by atoms with Crippen molar-refractivity contribution >= 4 is 11.6 Å². The molecule has 4 N–H and O–H groups in total. The van der Waals surface area contributed by atoms with E-state index in [0.29, 0.717) is 5.82 Å². The maximum absolute atomic E-state index is 5.46. The highest BCUT2D eigenvalue weighted by Crippen LogP contribution is 2.23. The van der Waals surface area contributed by atoms with Gasteiger partial charge in [-0.1, -0.05) is 13.0 Å². The Hall–Kier alpha value is -2.21. The van der Waals surface area contributed by atoms with Crippen molar-refractivity contribution in [2.45, 2.75) is 26.3 Å². The van der Waals surface area contributed by atoms with Gasteiger partial charge in [0.2, 0.25) is 0 Å². The zero-order valence-electron chi connectivity index (χ0n) is 11.1. The topological polar surface area (TPSA) is 88.8 Å². The van der Waals surface area contributed by atoms with Gasteiger partial charge in [0.05, 0.1) is 6.04 Å². The van der Waals surface area contributed by atoms with E-state index < -0.39 is 0 Å². The van der Waals surface area contributed by atoms with Crippen molar-refractivity contribution in [3.63, 3.8) is 0 Å². The summed E-state index contributed by atoms with van der Waals surface area (Å²) < 4.78 is 0. The molecule has 0 saturated carbocycles. The summed E-state index contributed by atoms with van der Waals surface area (Å²) in [5, 5.41) is 3.37. The Labute approximate surface area is 112 Å². The van der Waals surface area contributed by atoms with Gasteiger partial charge in [0.25, 0.3) is 0 Å². The van der Waals surface area contributed by atoms with Gasteiger partial charge in [-0.15, -0.1) is 0 Å². The quantitative estimate of drug-likeness (QED) is 0.560. The van der Waals surface area contributed by atoms with E-state index in [-0.39, 0.29) is 6.04 Å². The Balaban J connectivity index is 2.24. The monoisotopic (exact) mass is 258 g/mol. The number of rotatable bonds is 5.